The van der Waals surface area contributed by atoms with Crippen molar-refractivity contribution in [3.8, 4) is 0 Å². The maximum absolute atomic E-state index is 10.8. The zero-order valence-electron chi connectivity index (χ0n) is 12.7. The van der Waals surface area contributed by atoms with Crippen LogP contribution in [0, 0.1) is 11.3 Å². The van der Waals surface area contributed by atoms with Crippen LogP contribution in [-0.2, 0) is 6.42 Å². The molecular formula is C18H28O. The fourth-order valence-corrected chi connectivity index (χ4v) is 3.38. The van der Waals surface area contributed by atoms with Gasteiger partial charge in [0.1, 0.15) is 0 Å². The molecule has 1 aliphatic carbocycles. The molecule has 0 unspecified atom stereocenters. The van der Waals surface area contributed by atoms with Gasteiger partial charge < -0.3 is 5.11 Å². The van der Waals surface area contributed by atoms with E-state index in [9.17, 15) is 5.11 Å². The highest BCUT2D eigenvalue weighted by Gasteiger charge is 2.38. The Hall–Kier alpha value is -0.820. The second-order valence-electron chi connectivity index (χ2n) is 7.00. The van der Waals surface area contributed by atoms with Gasteiger partial charge in [0.15, 0.2) is 0 Å². The predicted molar refractivity (Wildman–Crippen MR) is 81.1 cm³/mol. The van der Waals surface area contributed by atoms with Gasteiger partial charge in [-0.2, -0.15) is 0 Å². The smallest absolute Gasteiger partial charge is 0.0688 e. The molecule has 1 N–H and O–H groups in total. The van der Waals surface area contributed by atoms with Crippen molar-refractivity contribution in [1.29, 1.82) is 0 Å². The van der Waals surface area contributed by atoms with Crippen LogP contribution in [-0.4, -0.2) is 10.7 Å². The summed E-state index contributed by atoms with van der Waals surface area (Å²) in [6.07, 6.45) is 6.29. The molecule has 2 rings (SSSR count). The van der Waals surface area contributed by atoms with Crippen molar-refractivity contribution in [3.05, 3.63) is 35.9 Å². The van der Waals surface area contributed by atoms with E-state index in [1.54, 1.807) is 0 Å². The Morgan fingerprint density at radius 2 is 1.74 bits per heavy atom. The molecule has 1 aromatic rings. The van der Waals surface area contributed by atoms with E-state index in [-0.39, 0.29) is 0 Å². The molecule has 1 nitrogen and oxygen atoms in total. The molecule has 0 saturated heterocycles. The largest absolute Gasteiger partial charge is 0.390 e. The van der Waals surface area contributed by atoms with Crippen molar-refractivity contribution in [1.82, 2.24) is 0 Å². The number of hydrogen-bond acceptors (Lipinski definition) is 1. The van der Waals surface area contributed by atoms with Crippen LogP contribution in [0.5, 0.6) is 0 Å². The van der Waals surface area contributed by atoms with Crippen LogP contribution < -0.4 is 0 Å². The van der Waals surface area contributed by atoms with Crippen molar-refractivity contribution in [2.75, 3.05) is 0 Å². The third-order valence-corrected chi connectivity index (χ3v) is 5.31. The predicted octanol–water partition coefficient (Wildman–Crippen LogP) is 4.59. The summed E-state index contributed by atoms with van der Waals surface area (Å²) in [6, 6.07) is 10.4. The summed E-state index contributed by atoms with van der Waals surface area (Å²) >= 11 is 0. The van der Waals surface area contributed by atoms with Crippen LogP contribution in [0.4, 0.5) is 0 Å². The highest BCUT2D eigenvalue weighted by Crippen LogP contribution is 2.44. The Labute approximate surface area is 118 Å². The van der Waals surface area contributed by atoms with Gasteiger partial charge >= 0.3 is 0 Å². The molecule has 1 saturated carbocycles. The minimum Gasteiger partial charge on any atom is -0.390 e. The van der Waals surface area contributed by atoms with Gasteiger partial charge in [0.25, 0.3) is 0 Å². The lowest BCUT2D eigenvalue weighted by Gasteiger charge is -2.42. The molecule has 0 atom stereocenters. The van der Waals surface area contributed by atoms with E-state index in [0.717, 1.165) is 25.2 Å². The minimum atomic E-state index is -0.471. The van der Waals surface area contributed by atoms with E-state index >= 15 is 0 Å². The molecule has 0 aliphatic heterocycles. The standard InChI is InChI=1S/C18H28O/c1-4-17(2,3)16-10-12-18(19,13-11-16)14-15-8-6-5-7-9-15/h5-9,16,19H,4,10-14H2,1-3H3. The molecule has 1 aliphatic rings. The van der Waals surface area contributed by atoms with Gasteiger partial charge in [-0.1, -0.05) is 57.5 Å². The second kappa shape index (κ2) is 5.66. The molecule has 1 heteroatoms. The molecule has 1 aromatic carbocycles. The average molecular weight is 260 g/mol. The molecule has 106 valence electrons. The van der Waals surface area contributed by atoms with E-state index in [0.29, 0.717) is 5.41 Å². The second-order valence-corrected chi connectivity index (χ2v) is 7.00. The zero-order chi connectivity index (χ0) is 13.9. The van der Waals surface area contributed by atoms with Gasteiger partial charge in [-0.15, -0.1) is 0 Å². The summed E-state index contributed by atoms with van der Waals surface area (Å²) in [6.45, 7) is 7.03. The van der Waals surface area contributed by atoms with Crippen LogP contribution in [0.1, 0.15) is 58.4 Å². The average Bonchev–Trinajstić information content (AvgIpc) is 2.40. The van der Waals surface area contributed by atoms with Gasteiger partial charge in [-0.05, 0) is 42.6 Å². The lowest BCUT2D eigenvalue weighted by molar-refractivity contribution is -0.0276. The molecule has 0 radical (unpaired) electrons. The van der Waals surface area contributed by atoms with E-state index in [1.165, 1.54) is 24.8 Å². The van der Waals surface area contributed by atoms with Crippen molar-refractivity contribution in [2.24, 2.45) is 11.3 Å². The monoisotopic (exact) mass is 260 g/mol. The van der Waals surface area contributed by atoms with Gasteiger partial charge in [0, 0.05) is 6.42 Å². The lowest BCUT2D eigenvalue weighted by Crippen LogP contribution is -2.39. The first-order valence-corrected chi connectivity index (χ1v) is 7.71. The molecule has 0 amide bonds. The maximum atomic E-state index is 10.8. The first-order valence-electron chi connectivity index (χ1n) is 7.71. The number of benzene rings is 1. The number of rotatable bonds is 4. The fraction of sp³-hybridized carbons (Fsp3) is 0.667. The molecule has 0 aromatic heterocycles. The Morgan fingerprint density at radius 3 is 2.26 bits per heavy atom. The summed E-state index contributed by atoms with van der Waals surface area (Å²) < 4.78 is 0. The number of hydrogen-bond donors (Lipinski definition) is 1. The lowest BCUT2D eigenvalue weighted by atomic mass is 9.65. The molecule has 19 heavy (non-hydrogen) atoms. The van der Waals surface area contributed by atoms with Gasteiger partial charge in [-0.3, -0.25) is 0 Å². The third-order valence-electron chi connectivity index (χ3n) is 5.31. The Bertz CT molecular complexity index is 385. The molecule has 0 spiro atoms. The Morgan fingerprint density at radius 1 is 1.16 bits per heavy atom. The molecule has 0 bridgehead atoms. The van der Waals surface area contributed by atoms with E-state index in [4.69, 9.17) is 0 Å². The highest BCUT2D eigenvalue weighted by atomic mass is 16.3. The van der Waals surface area contributed by atoms with Gasteiger partial charge in [-0.25, -0.2) is 0 Å². The Balaban J connectivity index is 1.95. The summed E-state index contributed by atoms with van der Waals surface area (Å²) in [5.74, 6) is 0.772. The highest BCUT2D eigenvalue weighted by molar-refractivity contribution is 5.17. The topological polar surface area (TPSA) is 20.2 Å². The first-order chi connectivity index (χ1) is 8.95. The van der Waals surface area contributed by atoms with Crippen molar-refractivity contribution >= 4 is 0 Å². The van der Waals surface area contributed by atoms with Crippen molar-refractivity contribution in [3.63, 3.8) is 0 Å². The minimum absolute atomic E-state index is 0.425. The normalized spacial score (nSPS) is 28.3. The zero-order valence-corrected chi connectivity index (χ0v) is 12.7. The molecule has 1 fully saturated rings. The quantitative estimate of drug-likeness (QED) is 0.839. The van der Waals surface area contributed by atoms with Crippen LogP contribution in [0.3, 0.4) is 0 Å². The summed E-state index contributed by atoms with van der Waals surface area (Å²) in [7, 11) is 0. The van der Waals surface area contributed by atoms with Crippen LogP contribution >= 0.6 is 0 Å². The summed E-state index contributed by atoms with van der Waals surface area (Å²) in [5, 5.41) is 10.8. The molecular weight excluding hydrogens is 232 g/mol. The molecule has 0 heterocycles. The first kappa shape index (κ1) is 14.6. The fourth-order valence-electron chi connectivity index (χ4n) is 3.38. The van der Waals surface area contributed by atoms with Gasteiger partial charge in [0.2, 0.25) is 0 Å². The number of aliphatic hydroxyl groups is 1. The van der Waals surface area contributed by atoms with E-state index in [2.05, 4.69) is 45.0 Å². The van der Waals surface area contributed by atoms with Crippen LogP contribution in [0.15, 0.2) is 30.3 Å². The van der Waals surface area contributed by atoms with Crippen LogP contribution in [0.2, 0.25) is 0 Å². The summed E-state index contributed by atoms with van der Waals surface area (Å²) in [5.41, 5.74) is 1.22. The third kappa shape index (κ3) is 3.60. The van der Waals surface area contributed by atoms with E-state index < -0.39 is 5.60 Å². The van der Waals surface area contributed by atoms with Gasteiger partial charge in [0.05, 0.1) is 5.60 Å². The van der Waals surface area contributed by atoms with Crippen molar-refractivity contribution in [2.45, 2.75) is 64.9 Å². The maximum Gasteiger partial charge on any atom is 0.0688 e. The SMILES string of the molecule is CCC(C)(C)C1CCC(O)(Cc2ccccc2)CC1. The van der Waals surface area contributed by atoms with Crippen molar-refractivity contribution < 1.29 is 5.11 Å². The van der Waals surface area contributed by atoms with E-state index in [1.807, 2.05) is 6.07 Å². The summed E-state index contributed by atoms with van der Waals surface area (Å²) in [4.78, 5) is 0. The van der Waals surface area contributed by atoms with Crippen LogP contribution in [0.25, 0.3) is 0 Å². The Kier molecular flexibility index (Phi) is 4.35.